The molecule has 11 nitrogen and oxygen atoms in total. The van der Waals surface area contributed by atoms with E-state index in [-0.39, 0.29) is 61.2 Å². The molecular formula is C40H46BrN3O8Si. The predicted molar refractivity (Wildman–Crippen MR) is 205 cm³/mol. The van der Waals surface area contributed by atoms with E-state index in [9.17, 15) is 19.5 Å². The molecule has 53 heavy (non-hydrogen) atoms. The number of amides is 3. The molecule has 1 unspecified atom stereocenters. The minimum Gasteiger partial charge on any atom is -0.497 e. The number of likely N-dealkylation sites (tertiary alicyclic amines) is 1. The molecule has 0 radical (unpaired) electrons. The van der Waals surface area contributed by atoms with Gasteiger partial charge in [0.2, 0.25) is 11.8 Å². The number of carbonyl (C=O) groups is 4. The second kappa shape index (κ2) is 14.3. The summed E-state index contributed by atoms with van der Waals surface area (Å²) in [6.07, 6.45) is 0.595. The van der Waals surface area contributed by atoms with Crippen LogP contribution in [-0.2, 0) is 40.8 Å². The standard InChI is InChI=1S/C40H46BrN3O8Si/c1-24-38(53(4,5)31-14-12-30(50-3)13-15-31)34(20-35(47)42-17-7-10-29(42)23-45)52-40(24)32-19-27(41)11-16-33(32)43(39(40)49)22-26-8-6-9-28(18-26)44-36(48)21-37(44)51-25(2)46/h6,8-9,11-16,18-19,24,29,34,37-38,45H,7,10,17,20-23H2,1-5H3/t24-,29+,34+,37?,38-,40+/m1/s1. The first kappa shape index (κ1) is 37.3. The summed E-state index contributed by atoms with van der Waals surface area (Å²) < 4.78 is 18.8. The van der Waals surface area contributed by atoms with Gasteiger partial charge in [0, 0.05) is 35.1 Å². The number of benzene rings is 3. The van der Waals surface area contributed by atoms with Gasteiger partial charge in [-0.05, 0) is 66.4 Å². The fourth-order valence-corrected chi connectivity index (χ4v) is 13.6. The molecule has 280 valence electrons. The van der Waals surface area contributed by atoms with Crippen LogP contribution >= 0.6 is 15.9 Å². The highest BCUT2D eigenvalue weighted by Gasteiger charge is 2.66. The Morgan fingerprint density at radius 1 is 1.08 bits per heavy atom. The van der Waals surface area contributed by atoms with Crippen LogP contribution in [0.3, 0.4) is 0 Å². The minimum atomic E-state index is -2.49. The first-order valence-corrected chi connectivity index (χ1v) is 22.1. The van der Waals surface area contributed by atoms with Crippen LogP contribution in [0.5, 0.6) is 5.75 Å². The summed E-state index contributed by atoms with van der Waals surface area (Å²) in [4.78, 5) is 58.6. The highest BCUT2D eigenvalue weighted by molar-refractivity contribution is 9.10. The van der Waals surface area contributed by atoms with Crippen molar-refractivity contribution < 1.29 is 38.5 Å². The number of methoxy groups -OCH3 is 1. The van der Waals surface area contributed by atoms with E-state index >= 15 is 4.79 Å². The van der Waals surface area contributed by atoms with Crippen LogP contribution in [0.4, 0.5) is 11.4 Å². The summed E-state index contributed by atoms with van der Waals surface area (Å²) in [5.41, 5.74) is 1.35. The van der Waals surface area contributed by atoms with Crippen molar-refractivity contribution in [3.8, 4) is 5.75 Å². The number of ether oxygens (including phenoxy) is 3. The van der Waals surface area contributed by atoms with Crippen LogP contribution < -0.4 is 19.7 Å². The van der Waals surface area contributed by atoms with Crippen LogP contribution in [0.15, 0.2) is 71.2 Å². The van der Waals surface area contributed by atoms with Gasteiger partial charge in [-0.1, -0.05) is 65.4 Å². The number of anilines is 2. The summed E-state index contributed by atoms with van der Waals surface area (Å²) >= 11 is 3.66. The molecule has 0 aliphatic carbocycles. The fraction of sp³-hybridized carbons (Fsp3) is 0.450. The Morgan fingerprint density at radius 3 is 2.51 bits per heavy atom. The van der Waals surface area contributed by atoms with Gasteiger partial charge in [-0.25, -0.2) is 0 Å². The number of aliphatic hydroxyl groups is 1. The summed E-state index contributed by atoms with van der Waals surface area (Å²) in [6, 6.07) is 21.1. The maximum absolute atomic E-state index is 15.2. The number of rotatable bonds is 10. The van der Waals surface area contributed by atoms with Crippen molar-refractivity contribution in [2.45, 2.75) is 88.7 Å². The summed E-state index contributed by atoms with van der Waals surface area (Å²) in [5.74, 6) is -0.433. The van der Waals surface area contributed by atoms with E-state index in [1.54, 1.807) is 23.0 Å². The molecule has 7 rings (SSSR count). The van der Waals surface area contributed by atoms with Crippen LogP contribution in [0.2, 0.25) is 18.6 Å². The van der Waals surface area contributed by atoms with Gasteiger partial charge >= 0.3 is 5.97 Å². The maximum Gasteiger partial charge on any atom is 0.304 e. The van der Waals surface area contributed by atoms with Crippen LogP contribution in [-0.4, -0.2) is 80.4 Å². The second-order valence-electron chi connectivity index (χ2n) is 15.2. The van der Waals surface area contributed by atoms with Crippen LogP contribution in [0.1, 0.15) is 50.7 Å². The second-order valence-corrected chi connectivity index (χ2v) is 20.8. The third-order valence-electron chi connectivity index (χ3n) is 11.8. The summed E-state index contributed by atoms with van der Waals surface area (Å²) in [7, 11) is -0.853. The summed E-state index contributed by atoms with van der Waals surface area (Å²) in [6.45, 7) is 8.70. The minimum absolute atomic E-state index is 0.0680. The molecule has 3 amide bonds. The largest absolute Gasteiger partial charge is 0.497 e. The number of fused-ring (bicyclic) bond motifs is 2. The van der Waals surface area contributed by atoms with Crippen molar-refractivity contribution in [2.75, 3.05) is 30.1 Å². The molecular weight excluding hydrogens is 758 g/mol. The van der Waals surface area contributed by atoms with Crippen LogP contribution in [0, 0.1) is 5.92 Å². The van der Waals surface area contributed by atoms with E-state index < -0.39 is 32.0 Å². The average molecular weight is 805 g/mol. The third kappa shape index (κ3) is 6.38. The Balaban J connectivity index is 1.27. The number of hydrogen-bond acceptors (Lipinski definition) is 8. The van der Waals surface area contributed by atoms with E-state index in [2.05, 4.69) is 48.1 Å². The van der Waals surface area contributed by atoms with Gasteiger partial charge in [0.25, 0.3) is 5.91 Å². The zero-order valence-corrected chi connectivity index (χ0v) is 33.3. The number of hydrogen-bond donors (Lipinski definition) is 1. The van der Waals surface area contributed by atoms with Crippen molar-refractivity contribution in [3.05, 3.63) is 82.3 Å². The van der Waals surface area contributed by atoms with E-state index in [1.807, 2.05) is 48.5 Å². The highest BCUT2D eigenvalue weighted by Crippen LogP contribution is 2.60. The van der Waals surface area contributed by atoms with Gasteiger partial charge in [-0.2, -0.15) is 0 Å². The molecule has 3 aromatic carbocycles. The smallest absolute Gasteiger partial charge is 0.304 e. The lowest BCUT2D eigenvalue weighted by molar-refractivity contribution is -0.154. The van der Waals surface area contributed by atoms with Gasteiger partial charge in [-0.3, -0.25) is 24.1 Å². The lowest BCUT2D eigenvalue weighted by atomic mass is 9.82. The van der Waals surface area contributed by atoms with E-state index in [0.717, 1.165) is 39.9 Å². The average Bonchev–Trinajstić information content (AvgIpc) is 3.78. The van der Waals surface area contributed by atoms with E-state index in [1.165, 1.54) is 17.0 Å². The molecule has 6 atom stereocenters. The van der Waals surface area contributed by atoms with Gasteiger partial charge in [0.1, 0.15) is 5.75 Å². The van der Waals surface area contributed by atoms with Gasteiger partial charge in [0.15, 0.2) is 11.8 Å². The number of β-lactam (4-membered cyclic amide) rings is 1. The molecule has 1 N–H and O–H groups in total. The predicted octanol–water partition coefficient (Wildman–Crippen LogP) is 5.22. The Kier molecular flexibility index (Phi) is 10.1. The Hall–Kier alpha value is -4.04. The fourth-order valence-electron chi connectivity index (χ4n) is 9.26. The molecule has 13 heteroatoms. The molecule has 4 aliphatic heterocycles. The van der Waals surface area contributed by atoms with Crippen molar-refractivity contribution >= 4 is 64.3 Å². The van der Waals surface area contributed by atoms with Gasteiger partial charge < -0.3 is 29.1 Å². The lowest BCUT2D eigenvalue weighted by Crippen LogP contribution is -2.54. The molecule has 4 aliphatic rings. The number of halogens is 1. The SMILES string of the molecule is COc1ccc([Si](C)(C)[C@H]2[C@H](CC(=O)N3CCC[C@H]3CO)O[C@@]3(C(=O)N(Cc4cccc(N5C(=O)CC5OC(C)=O)c4)c4ccc(Br)cc43)[C@@H]2C)cc1. The highest BCUT2D eigenvalue weighted by atomic mass is 79.9. The Morgan fingerprint density at radius 2 is 1.83 bits per heavy atom. The molecule has 3 fully saturated rings. The quantitative estimate of drug-likeness (QED) is 0.168. The number of aliphatic hydroxyl groups excluding tert-OH is 1. The molecule has 1 spiro atoms. The van der Waals surface area contributed by atoms with Crippen molar-refractivity contribution in [3.63, 3.8) is 0 Å². The summed E-state index contributed by atoms with van der Waals surface area (Å²) in [5, 5.41) is 11.2. The molecule has 0 bridgehead atoms. The normalized spacial score (nSPS) is 26.6. The molecule has 3 aromatic rings. The van der Waals surface area contributed by atoms with Crippen molar-refractivity contribution in [1.82, 2.24) is 4.90 Å². The maximum atomic E-state index is 15.2. The first-order chi connectivity index (χ1) is 25.3. The Bertz CT molecular complexity index is 1940. The number of nitrogens with zero attached hydrogens (tertiary/aromatic N) is 3. The first-order valence-electron chi connectivity index (χ1n) is 18.2. The molecule has 0 aromatic heterocycles. The molecule has 3 saturated heterocycles. The monoisotopic (exact) mass is 803 g/mol. The van der Waals surface area contributed by atoms with E-state index in [4.69, 9.17) is 14.2 Å². The van der Waals surface area contributed by atoms with Crippen molar-refractivity contribution in [1.29, 1.82) is 0 Å². The van der Waals surface area contributed by atoms with E-state index in [0.29, 0.717) is 12.2 Å². The Labute approximate surface area is 319 Å². The van der Waals surface area contributed by atoms with Gasteiger partial charge in [0.05, 0.1) is 59.0 Å². The zero-order valence-electron chi connectivity index (χ0n) is 30.7. The van der Waals surface area contributed by atoms with Crippen molar-refractivity contribution in [2.24, 2.45) is 5.92 Å². The van der Waals surface area contributed by atoms with Crippen LogP contribution in [0.25, 0.3) is 0 Å². The topological polar surface area (TPSA) is 126 Å². The number of carbonyl (C=O) groups excluding carboxylic acids is 4. The number of esters is 1. The molecule has 4 heterocycles. The lowest BCUT2D eigenvalue weighted by Gasteiger charge is -2.39. The van der Waals surface area contributed by atoms with Gasteiger partial charge in [-0.15, -0.1) is 0 Å². The zero-order chi connectivity index (χ0) is 37.8. The molecule has 0 saturated carbocycles. The third-order valence-corrected chi connectivity index (χ3v) is 16.7.